The fourth-order valence-corrected chi connectivity index (χ4v) is 4.65. The first-order valence-corrected chi connectivity index (χ1v) is 9.77. The van der Waals surface area contributed by atoms with Crippen LogP contribution in [0, 0.1) is 15.9 Å². The molecule has 134 valence electrons. The molecule has 2 rings (SSSR count). The molecule has 0 aromatic heterocycles. The van der Waals surface area contributed by atoms with Crippen molar-refractivity contribution in [2.75, 3.05) is 13.1 Å². The largest absolute Gasteiger partial charge is 0.284 e. The van der Waals surface area contributed by atoms with Crippen LogP contribution in [0.2, 0.25) is 0 Å². The second-order valence-corrected chi connectivity index (χ2v) is 8.03. The van der Waals surface area contributed by atoms with E-state index in [9.17, 15) is 22.9 Å². The molecule has 0 saturated heterocycles. The van der Waals surface area contributed by atoms with Gasteiger partial charge in [-0.25, -0.2) is 12.8 Å². The first-order valence-electron chi connectivity index (χ1n) is 7.52. The molecule has 0 spiro atoms. The lowest BCUT2D eigenvalue weighted by Gasteiger charge is -2.18. The minimum Gasteiger partial charge on any atom is -0.258 e. The van der Waals surface area contributed by atoms with E-state index in [1.165, 1.54) is 34.6 Å². The monoisotopic (exact) mass is 384 g/mol. The molecule has 0 atom stereocenters. The van der Waals surface area contributed by atoms with Crippen LogP contribution in [0.4, 0.5) is 10.1 Å². The molecule has 0 aliphatic carbocycles. The van der Waals surface area contributed by atoms with Crippen LogP contribution in [-0.4, -0.2) is 30.7 Å². The van der Waals surface area contributed by atoms with Crippen LogP contribution < -0.4 is 0 Å². The summed E-state index contributed by atoms with van der Waals surface area (Å²) in [6.07, 6.45) is 0. The van der Waals surface area contributed by atoms with Gasteiger partial charge in [0.15, 0.2) is 0 Å². The molecule has 0 aliphatic heterocycles. The lowest BCUT2D eigenvalue weighted by molar-refractivity contribution is -0.388. The Balaban J connectivity index is 2.49. The summed E-state index contributed by atoms with van der Waals surface area (Å²) in [5.41, 5.74) is -0.374. The number of benzene rings is 2. The van der Waals surface area contributed by atoms with E-state index in [-0.39, 0.29) is 33.5 Å². The van der Waals surface area contributed by atoms with Crippen molar-refractivity contribution >= 4 is 27.5 Å². The molecule has 0 bridgehead atoms. The van der Waals surface area contributed by atoms with Crippen LogP contribution in [0.15, 0.2) is 57.2 Å². The zero-order valence-electron chi connectivity index (χ0n) is 13.7. The Morgan fingerprint density at radius 2 is 1.76 bits per heavy atom. The normalized spacial score (nSPS) is 11.7. The summed E-state index contributed by atoms with van der Waals surface area (Å²) in [6.45, 7) is 3.91. The molecule has 0 unspecified atom stereocenters. The molecule has 0 radical (unpaired) electrons. The van der Waals surface area contributed by atoms with Gasteiger partial charge in [-0.05, 0) is 24.3 Å². The predicted molar refractivity (Wildman–Crippen MR) is 93.7 cm³/mol. The number of sulfonamides is 1. The third kappa shape index (κ3) is 4.17. The molecule has 2 aromatic carbocycles. The van der Waals surface area contributed by atoms with E-state index in [2.05, 4.69) is 0 Å². The standard InChI is InChI=1S/C16H17FN2O4S2/c1-3-18(4-2)25(22,23)12-9-10-16(14(11-12)19(20)21)24-15-8-6-5-7-13(15)17/h5-11H,3-4H2,1-2H3. The summed E-state index contributed by atoms with van der Waals surface area (Å²) in [7, 11) is -3.81. The highest BCUT2D eigenvalue weighted by molar-refractivity contribution is 7.99. The minimum atomic E-state index is -3.81. The fraction of sp³-hybridized carbons (Fsp3) is 0.250. The zero-order valence-corrected chi connectivity index (χ0v) is 15.3. The van der Waals surface area contributed by atoms with Gasteiger partial charge in [0.25, 0.3) is 5.69 Å². The molecule has 25 heavy (non-hydrogen) atoms. The number of hydrogen-bond acceptors (Lipinski definition) is 5. The SMILES string of the molecule is CCN(CC)S(=O)(=O)c1ccc(Sc2ccccc2F)c([N+](=O)[O-])c1. The van der Waals surface area contributed by atoms with Crippen LogP contribution in [-0.2, 0) is 10.0 Å². The fourth-order valence-electron chi connectivity index (χ4n) is 2.25. The Labute approximate surface area is 149 Å². The van der Waals surface area contributed by atoms with Crippen molar-refractivity contribution in [2.24, 2.45) is 0 Å². The zero-order chi connectivity index (χ0) is 18.6. The minimum absolute atomic E-state index is 0.152. The molecule has 2 aromatic rings. The average molecular weight is 384 g/mol. The molecule has 0 saturated carbocycles. The van der Waals surface area contributed by atoms with E-state index < -0.39 is 20.8 Å². The maximum atomic E-state index is 13.8. The van der Waals surface area contributed by atoms with Gasteiger partial charge in [-0.3, -0.25) is 10.1 Å². The highest BCUT2D eigenvalue weighted by Gasteiger charge is 2.26. The number of hydrogen-bond donors (Lipinski definition) is 0. The molecule has 0 aliphatic rings. The van der Waals surface area contributed by atoms with Gasteiger partial charge < -0.3 is 0 Å². The number of nitro benzene ring substituents is 1. The summed E-state index contributed by atoms with van der Waals surface area (Å²) >= 11 is 0.883. The van der Waals surface area contributed by atoms with Crippen molar-refractivity contribution < 1.29 is 17.7 Å². The average Bonchev–Trinajstić information content (AvgIpc) is 2.57. The van der Waals surface area contributed by atoms with E-state index in [1.54, 1.807) is 19.9 Å². The lowest BCUT2D eigenvalue weighted by atomic mass is 10.3. The molecular weight excluding hydrogens is 367 g/mol. The third-order valence-electron chi connectivity index (χ3n) is 3.53. The van der Waals surface area contributed by atoms with Crippen molar-refractivity contribution in [3.8, 4) is 0 Å². The summed E-state index contributed by atoms with van der Waals surface area (Å²) in [5.74, 6) is -0.498. The van der Waals surface area contributed by atoms with Gasteiger partial charge >= 0.3 is 0 Å². The number of halogens is 1. The van der Waals surface area contributed by atoms with Crippen LogP contribution in [0.5, 0.6) is 0 Å². The van der Waals surface area contributed by atoms with Crippen molar-refractivity contribution in [3.05, 3.63) is 58.4 Å². The van der Waals surface area contributed by atoms with Crippen molar-refractivity contribution in [1.29, 1.82) is 0 Å². The molecule has 6 nitrogen and oxygen atoms in total. The Bertz CT molecular complexity index is 883. The molecule has 0 N–H and O–H groups in total. The van der Waals surface area contributed by atoms with E-state index in [0.717, 1.165) is 17.8 Å². The van der Waals surface area contributed by atoms with Crippen molar-refractivity contribution in [2.45, 2.75) is 28.5 Å². The Hall–Kier alpha value is -1.97. The van der Waals surface area contributed by atoms with Gasteiger partial charge in [0.2, 0.25) is 10.0 Å². The van der Waals surface area contributed by atoms with E-state index >= 15 is 0 Å². The highest BCUT2D eigenvalue weighted by atomic mass is 32.2. The van der Waals surface area contributed by atoms with Gasteiger partial charge in [0.05, 0.1) is 14.7 Å². The van der Waals surface area contributed by atoms with Crippen LogP contribution in [0.3, 0.4) is 0 Å². The predicted octanol–water partition coefficient (Wildman–Crippen LogP) is 3.92. The molecular formula is C16H17FN2O4S2. The quantitative estimate of drug-likeness (QED) is 0.534. The van der Waals surface area contributed by atoms with Crippen molar-refractivity contribution in [3.63, 3.8) is 0 Å². The molecule has 0 amide bonds. The second kappa shape index (κ2) is 7.94. The maximum Gasteiger partial charge on any atom is 0.284 e. The highest BCUT2D eigenvalue weighted by Crippen LogP contribution is 2.37. The first-order chi connectivity index (χ1) is 11.8. The Kier molecular flexibility index (Phi) is 6.15. The smallest absolute Gasteiger partial charge is 0.258 e. The maximum absolute atomic E-state index is 13.8. The number of nitrogens with zero attached hydrogens (tertiary/aromatic N) is 2. The Morgan fingerprint density at radius 1 is 1.12 bits per heavy atom. The summed E-state index contributed by atoms with van der Waals surface area (Å²) < 4.78 is 40.1. The van der Waals surface area contributed by atoms with Gasteiger partial charge in [0.1, 0.15) is 5.82 Å². The third-order valence-corrected chi connectivity index (χ3v) is 6.69. The van der Waals surface area contributed by atoms with Crippen LogP contribution in [0.1, 0.15) is 13.8 Å². The summed E-state index contributed by atoms with van der Waals surface area (Å²) in [4.78, 5) is 11.0. The second-order valence-electron chi connectivity index (χ2n) is 5.01. The Morgan fingerprint density at radius 3 is 2.32 bits per heavy atom. The van der Waals surface area contributed by atoms with Crippen LogP contribution >= 0.6 is 11.8 Å². The molecule has 0 heterocycles. The van der Waals surface area contributed by atoms with E-state index in [4.69, 9.17) is 0 Å². The first kappa shape index (κ1) is 19.4. The lowest BCUT2D eigenvalue weighted by Crippen LogP contribution is -2.30. The van der Waals surface area contributed by atoms with Gasteiger partial charge in [-0.1, -0.05) is 37.7 Å². The topological polar surface area (TPSA) is 80.5 Å². The summed E-state index contributed by atoms with van der Waals surface area (Å²) in [5, 5.41) is 11.4. The number of nitro groups is 1. The summed E-state index contributed by atoms with van der Waals surface area (Å²) in [6, 6.07) is 9.58. The van der Waals surface area contributed by atoms with Gasteiger partial charge in [-0.2, -0.15) is 4.31 Å². The van der Waals surface area contributed by atoms with Crippen molar-refractivity contribution in [1.82, 2.24) is 4.31 Å². The molecule has 0 fully saturated rings. The van der Waals surface area contributed by atoms with E-state index in [1.807, 2.05) is 0 Å². The van der Waals surface area contributed by atoms with Gasteiger partial charge in [0, 0.05) is 24.1 Å². The van der Waals surface area contributed by atoms with Gasteiger partial charge in [-0.15, -0.1) is 0 Å². The number of rotatable bonds is 7. The van der Waals surface area contributed by atoms with E-state index in [0.29, 0.717) is 0 Å². The van der Waals surface area contributed by atoms with Crippen LogP contribution in [0.25, 0.3) is 0 Å². The molecule has 9 heteroatoms.